The van der Waals surface area contributed by atoms with Gasteiger partial charge in [0.1, 0.15) is 0 Å². The highest BCUT2D eigenvalue weighted by molar-refractivity contribution is 9.10. The Morgan fingerprint density at radius 3 is 2.81 bits per heavy atom. The van der Waals surface area contributed by atoms with Crippen LogP contribution in [0.3, 0.4) is 0 Å². The first-order valence-electron chi connectivity index (χ1n) is 7.58. The van der Waals surface area contributed by atoms with E-state index in [1.807, 2.05) is 12.1 Å². The van der Waals surface area contributed by atoms with Gasteiger partial charge in [0.2, 0.25) is 0 Å². The third-order valence-corrected chi connectivity index (χ3v) is 6.12. The normalized spacial score (nSPS) is 25.8. The van der Waals surface area contributed by atoms with Gasteiger partial charge in [0, 0.05) is 20.9 Å². The van der Waals surface area contributed by atoms with E-state index in [4.69, 9.17) is 0 Å². The SMILES string of the molecule is CCCC1CCC(Br)C(Cc2ccc(Br)cc2[N+](=O)[O-])C1. The fourth-order valence-electron chi connectivity index (χ4n) is 3.37. The molecule has 0 amide bonds. The molecule has 0 aromatic heterocycles. The molecule has 0 aliphatic heterocycles. The van der Waals surface area contributed by atoms with Gasteiger partial charge in [0.15, 0.2) is 0 Å². The predicted octanol–water partition coefficient (Wildman–Crippen LogP) is 5.88. The Morgan fingerprint density at radius 2 is 2.14 bits per heavy atom. The van der Waals surface area contributed by atoms with Gasteiger partial charge in [-0.3, -0.25) is 10.1 Å². The van der Waals surface area contributed by atoms with Crippen LogP contribution in [0.5, 0.6) is 0 Å². The molecule has 2 rings (SSSR count). The highest BCUT2D eigenvalue weighted by Gasteiger charge is 2.30. The quantitative estimate of drug-likeness (QED) is 0.340. The summed E-state index contributed by atoms with van der Waals surface area (Å²) in [4.78, 5) is 11.4. The third kappa shape index (κ3) is 4.52. The van der Waals surface area contributed by atoms with Crippen LogP contribution in [0.25, 0.3) is 0 Å². The lowest BCUT2D eigenvalue weighted by Crippen LogP contribution is -2.27. The van der Waals surface area contributed by atoms with E-state index in [9.17, 15) is 10.1 Å². The van der Waals surface area contributed by atoms with Gasteiger partial charge in [-0.15, -0.1) is 0 Å². The van der Waals surface area contributed by atoms with Crippen LogP contribution in [-0.4, -0.2) is 9.75 Å². The lowest BCUT2D eigenvalue weighted by molar-refractivity contribution is -0.385. The van der Waals surface area contributed by atoms with Crippen LogP contribution in [0.1, 0.15) is 44.6 Å². The first-order chi connectivity index (χ1) is 10.0. The highest BCUT2D eigenvalue weighted by atomic mass is 79.9. The summed E-state index contributed by atoms with van der Waals surface area (Å²) >= 11 is 7.11. The zero-order chi connectivity index (χ0) is 15.4. The number of alkyl halides is 1. The Bertz CT molecular complexity index is 507. The number of nitrogens with zero attached hydrogens (tertiary/aromatic N) is 1. The zero-order valence-electron chi connectivity index (χ0n) is 12.2. The van der Waals surface area contributed by atoms with E-state index < -0.39 is 0 Å². The number of rotatable bonds is 5. The van der Waals surface area contributed by atoms with Crippen molar-refractivity contribution in [2.24, 2.45) is 11.8 Å². The molecule has 3 nitrogen and oxygen atoms in total. The molecule has 1 aliphatic carbocycles. The highest BCUT2D eigenvalue weighted by Crippen LogP contribution is 2.39. The Balaban J connectivity index is 2.14. The summed E-state index contributed by atoms with van der Waals surface area (Å²) in [6.07, 6.45) is 6.93. The third-order valence-electron chi connectivity index (χ3n) is 4.42. The summed E-state index contributed by atoms with van der Waals surface area (Å²) in [7, 11) is 0. The van der Waals surface area contributed by atoms with Crippen molar-refractivity contribution in [1.82, 2.24) is 0 Å². The lowest BCUT2D eigenvalue weighted by atomic mass is 9.77. The van der Waals surface area contributed by atoms with E-state index in [2.05, 4.69) is 38.8 Å². The fraction of sp³-hybridized carbons (Fsp3) is 0.625. The predicted molar refractivity (Wildman–Crippen MR) is 93.0 cm³/mol. The van der Waals surface area contributed by atoms with Crippen molar-refractivity contribution in [3.8, 4) is 0 Å². The van der Waals surface area contributed by atoms with E-state index in [0.29, 0.717) is 10.7 Å². The Kier molecular flexibility index (Phi) is 6.23. The first-order valence-corrected chi connectivity index (χ1v) is 9.29. The smallest absolute Gasteiger partial charge is 0.258 e. The van der Waals surface area contributed by atoms with Gasteiger partial charge >= 0.3 is 0 Å². The minimum Gasteiger partial charge on any atom is -0.258 e. The minimum absolute atomic E-state index is 0.238. The number of nitro benzene ring substituents is 1. The van der Waals surface area contributed by atoms with Crippen LogP contribution in [0.2, 0.25) is 0 Å². The summed E-state index contributed by atoms with van der Waals surface area (Å²) in [5.74, 6) is 1.28. The molecule has 1 saturated carbocycles. The maximum atomic E-state index is 11.2. The second kappa shape index (κ2) is 7.73. The van der Waals surface area contributed by atoms with Crippen molar-refractivity contribution in [2.75, 3.05) is 0 Å². The van der Waals surface area contributed by atoms with Gasteiger partial charge in [-0.2, -0.15) is 0 Å². The van der Waals surface area contributed by atoms with E-state index in [0.717, 1.165) is 22.4 Å². The molecule has 0 saturated heterocycles. The average molecular weight is 419 g/mol. The summed E-state index contributed by atoms with van der Waals surface area (Å²) in [5, 5.41) is 11.2. The Labute approximate surface area is 142 Å². The molecule has 0 N–H and O–H groups in total. The summed E-state index contributed by atoms with van der Waals surface area (Å²) in [5.41, 5.74) is 1.09. The first kappa shape index (κ1) is 16.9. The van der Waals surface area contributed by atoms with Crippen molar-refractivity contribution in [2.45, 2.75) is 50.3 Å². The minimum atomic E-state index is -0.268. The van der Waals surface area contributed by atoms with Crippen LogP contribution in [-0.2, 0) is 6.42 Å². The molecule has 3 unspecified atom stereocenters. The van der Waals surface area contributed by atoms with Crippen LogP contribution in [0, 0.1) is 22.0 Å². The number of hydrogen-bond donors (Lipinski definition) is 0. The molecule has 0 radical (unpaired) electrons. The summed E-state index contributed by atoms with van der Waals surface area (Å²) in [6, 6.07) is 5.41. The van der Waals surface area contributed by atoms with Gasteiger partial charge in [-0.05, 0) is 43.6 Å². The van der Waals surface area contributed by atoms with Crippen LogP contribution in [0.15, 0.2) is 22.7 Å². The fourth-order valence-corrected chi connectivity index (χ4v) is 4.38. The van der Waals surface area contributed by atoms with E-state index in [1.165, 1.54) is 32.1 Å². The monoisotopic (exact) mass is 417 g/mol. The second-order valence-electron chi connectivity index (χ2n) is 5.98. The average Bonchev–Trinajstić information content (AvgIpc) is 2.44. The van der Waals surface area contributed by atoms with E-state index in [-0.39, 0.29) is 10.6 Å². The standard InChI is InChI=1S/C16H21Br2NO2/c1-2-3-11-4-7-15(18)13(8-11)9-12-5-6-14(17)10-16(12)19(20)21/h5-6,10-11,13,15H,2-4,7-9H2,1H3. The van der Waals surface area contributed by atoms with Gasteiger partial charge in [-0.25, -0.2) is 0 Å². The maximum Gasteiger partial charge on any atom is 0.273 e. The molecule has 0 spiro atoms. The topological polar surface area (TPSA) is 43.1 Å². The van der Waals surface area contributed by atoms with Gasteiger partial charge in [-0.1, -0.05) is 57.7 Å². The Morgan fingerprint density at radius 1 is 1.38 bits per heavy atom. The molecule has 116 valence electrons. The van der Waals surface area contributed by atoms with Gasteiger partial charge in [0.05, 0.1) is 4.92 Å². The molecule has 5 heteroatoms. The van der Waals surface area contributed by atoms with Crippen molar-refractivity contribution in [3.05, 3.63) is 38.3 Å². The number of hydrogen-bond acceptors (Lipinski definition) is 2. The number of nitro groups is 1. The van der Waals surface area contributed by atoms with Crippen LogP contribution in [0.4, 0.5) is 5.69 Å². The van der Waals surface area contributed by atoms with Crippen molar-refractivity contribution in [1.29, 1.82) is 0 Å². The van der Waals surface area contributed by atoms with Gasteiger partial charge < -0.3 is 0 Å². The molecule has 1 aromatic rings. The number of benzene rings is 1. The van der Waals surface area contributed by atoms with Crippen molar-refractivity contribution in [3.63, 3.8) is 0 Å². The molecule has 1 fully saturated rings. The van der Waals surface area contributed by atoms with Gasteiger partial charge in [0.25, 0.3) is 5.69 Å². The molecule has 0 heterocycles. The van der Waals surface area contributed by atoms with E-state index in [1.54, 1.807) is 6.07 Å². The molecule has 0 bridgehead atoms. The van der Waals surface area contributed by atoms with E-state index >= 15 is 0 Å². The molecule has 21 heavy (non-hydrogen) atoms. The Hall–Kier alpha value is -0.420. The lowest BCUT2D eigenvalue weighted by Gasteiger charge is -2.33. The molecular weight excluding hydrogens is 398 g/mol. The zero-order valence-corrected chi connectivity index (χ0v) is 15.4. The molecule has 1 aliphatic rings. The number of halogens is 2. The second-order valence-corrected chi connectivity index (χ2v) is 8.07. The van der Waals surface area contributed by atoms with Crippen molar-refractivity contribution < 1.29 is 4.92 Å². The van der Waals surface area contributed by atoms with Crippen molar-refractivity contribution >= 4 is 37.5 Å². The summed E-state index contributed by atoms with van der Waals surface area (Å²) < 4.78 is 0.765. The summed E-state index contributed by atoms with van der Waals surface area (Å²) in [6.45, 7) is 2.23. The largest absolute Gasteiger partial charge is 0.273 e. The van der Waals surface area contributed by atoms with Crippen LogP contribution < -0.4 is 0 Å². The maximum absolute atomic E-state index is 11.2. The molecular formula is C16H21Br2NO2. The molecule has 1 aromatic carbocycles. The van der Waals surface area contributed by atoms with Crippen LogP contribution >= 0.6 is 31.9 Å². The molecule has 3 atom stereocenters.